The Morgan fingerprint density at radius 2 is 1.92 bits per heavy atom. The van der Waals surface area contributed by atoms with Crippen LogP contribution in [0.5, 0.6) is 0 Å². The number of nitrogens with one attached hydrogen (secondary N) is 2. The Hall–Kier alpha value is -2.73. The average Bonchev–Trinajstić information content (AvgIpc) is 2.60. The first-order valence-corrected chi connectivity index (χ1v) is 8.63. The van der Waals surface area contributed by atoms with Crippen molar-refractivity contribution in [2.45, 2.75) is 12.7 Å². The van der Waals surface area contributed by atoms with Gasteiger partial charge >= 0.3 is 0 Å². The lowest BCUT2D eigenvalue weighted by Gasteiger charge is -2.07. The van der Waals surface area contributed by atoms with Crippen molar-refractivity contribution in [3.05, 3.63) is 71.7 Å². The van der Waals surface area contributed by atoms with Crippen molar-refractivity contribution in [3.63, 3.8) is 0 Å². The number of aromatic nitrogens is 1. The Kier molecular flexibility index (Phi) is 5.09. The van der Waals surface area contributed by atoms with Crippen LogP contribution in [0.2, 0.25) is 0 Å². The third kappa shape index (κ3) is 4.42. The largest absolute Gasteiger partial charge is 0.307 e. The summed E-state index contributed by atoms with van der Waals surface area (Å²) in [6.07, 6.45) is 1.70. The summed E-state index contributed by atoms with van der Waals surface area (Å²) in [5.74, 6) is 0.448. The SMILES string of the molecule is CC(=N)SCc1ccc2cnc(NC(=O)c3ccc(F)cc3)cc2c1. The van der Waals surface area contributed by atoms with Gasteiger partial charge in [-0.1, -0.05) is 18.2 Å². The zero-order valence-corrected chi connectivity index (χ0v) is 14.4. The monoisotopic (exact) mass is 353 g/mol. The van der Waals surface area contributed by atoms with E-state index in [0.29, 0.717) is 16.4 Å². The number of halogens is 1. The Balaban J connectivity index is 1.80. The van der Waals surface area contributed by atoms with Gasteiger partial charge in [-0.15, -0.1) is 11.8 Å². The number of rotatable bonds is 4. The van der Waals surface area contributed by atoms with Gasteiger partial charge in [0, 0.05) is 22.9 Å². The molecule has 0 atom stereocenters. The molecule has 0 fully saturated rings. The zero-order chi connectivity index (χ0) is 17.8. The summed E-state index contributed by atoms with van der Waals surface area (Å²) < 4.78 is 12.9. The van der Waals surface area contributed by atoms with Crippen LogP contribution in [0.15, 0.2) is 54.7 Å². The number of amides is 1. The highest BCUT2D eigenvalue weighted by atomic mass is 32.2. The van der Waals surface area contributed by atoms with E-state index in [-0.39, 0.29) is 11.7 Å². The van der Waals surface area contributed by atoms with Gasteiger partial charge < -0.3 is 5.32 Å². The zero-order valence-electron chi connectivity index (χ0n) is 13.5. The number of hydrogen-bond acceptors (Lipinski definition) is 4. The Morgan fingerprint density at radius 1 is 1.16 bits per heavy atom. The third-order valence-corrected chi connectivity index (χ3v) is 4.50. The first kappa shape index (κ1) is 17.1. The molecule has 0 saturated carbocycles. The van der Waals surface area contributed by atoms with Crippen molar-refractivity contribution in [2.75, 3.05) is 5.32 Å². The second-order valence-corrected chi connectivity index (χ2v) is 6.75. The minimum atomic E-state index is -0.383. The molecule has 0 unspecified atom stereocenters. The number of pyridine rings is 1. The van der Waals surface area contributed by atoms with Crippen LogP contribution in [0.1, 0.15) is 22.8 Å². The second kappa shape index (κ2) is 7.44. The van der Waals surface area contributed by atoms with Crippen molar-refractivity contribution >= 4 is 39.3 Å². The molecule has 126 valence electrons. The van der Waals surface area contributed by atoms with E-state index in [1.165, 1.54) is 36.0 Å². The maximum absolute atomic E-state index is 12.9. The van der Waals surface area contributed by atoms with Crippen molar-refractivity contribution in [1.82, 2.24) is 4.98 Å². The summed E-state index contributed by atoms with van der Waals surface area (Å²) in [6.45, 7) is 1.76. The number of carbonyl (C=O) groups is 1. The normalized spacial score (nSPS) is 10.6. The molecular formula is C19H16FN3OS. The lowest BCUT2D eigenvalue weighted by atomic mass is 10.1. The molecular weight excluding hydrogens is 337 g/mol. The summed E-state index contributed by atoms with van der Waals surface area (Å²) in [7, 11) is 0. The van der Waals surface area contributed by atoms with Crippen molar-refractivity contribution in [3.8, 4) is 0 Å². The lowest BCUT2D eigenvalue weighted by molar-refractivity contribution is 0.102. The molecule has 0 saturated heterocycles. The van der Waals surface area contributed by atoms with Crippen LogP contribution in [0.25, 0.3) is 10.8 Å². The van der Waals surface area contributed by atoms with Gasteiger partial charge in [-0.3, -0.25) is 10.2 Å². The summed E-state index contributed by atoms with van der Waals surface area (Å²) in [5, 5.41) is 12.7. The molecule has 2 N–H and O–H groups in total. The van der Waals surface area contributed by atoms with E-state index in [1.54, 1.807) is 13.1 Å². The van der Waals surface area contributed by atoms with Crippen molar-refractivity contribution in [2.24, 2.45) is 0 Å². The third-order valence-electron chi connectivity index (χ3n) is 3.59. The molecule has 4 nitrogen and oxygen atoms in total. The van der Waals surface area contributed by atoms with Gasteiger partial charge in [0.25, 0.3) is 5.91 Å². The fraction of sp³-hybridized carbons (Fsp3) is 0.105. The predicted molar refractivity (Wildman–Crippen MR) is 101 cm³/mol. The van der Waals surface area contributed by atoms with Crippen LogP contribution >= 0.6 is 11.8 Å². The Labute approximate surface area is 149 Å². The topological polar surface area (TPSA) is 65.8 Å². The highest BCUT2D eigenvalue weighted by Crippen LogP contribution is 2.22. The molecule has 0 bridgehead atoms. The van der Waals surface area contributed by atoms with Gasteiger partial charge in [-0.05, 0) is 48.2 Å². The van der Waals surface area contributed by atoms with E-state index >= 15 is 0 Å². The van der Waals surface area contributed by atoms with E-state index < -0.39 is 0 Å². The fourth-order valence-electron chi connectivity index (χ4n) is 2.33. The minimum absolute atomic E-state index is 0.335. The number of carbonyl (C=O) groups excluding carboxylic acids is 1. The fourth-order valence-corrected chi connectivity index (χ4v) is 2.89. The number of fused-ring (bicyclic) bond motifs is 1. The quantitative estimate of drug-likeness (QED) is 0.520. The second-order valence-electron chi connectivity index (χ2n) is 5.56. The molecule has 3 aromatic rings. The van der Waals surface area contributed by atoms with Gasteiger partial charge in [0.1, 0.15) is 11.6 Å². The summed E-state index contributed by atoms with van der Waals surface area (Å²) in [6, 6.07) is 13.2. The summed E-state index contributed by atoms with van der Waals surface area (Å²) in [4.78, 5) is 16.5. The highest BCUT2D eigenvalue weighted by Gasteiger charge is 2.08. The number of hydrogen-bond donors (Lipinski definition) is 2. The number of nitrogens with zero attached hydrogens (tertiary/aromatic N) is 1. The number of anilines is 1. The Morgan fingerprint density at radius 3 is 2.64 bits per heavy atom. The van der Waals surface area contributed by atoms with E-state index in [1.807, 2.05) is 24.3 Å². The molecule has 0 radical (unpaired) electrons. The van der Waals surface area contributed by atoms with Gasteiger partial charge in [-0.2, -0.15) is 0 Å². The summed E-state index contributed by atoms with van der Waals surface area (Å²) in [5.41, 5.74) is 1.47. The van der Waals surface area contributed by atoms with Gasteiger partial charge in [-0.25, -0.2) is 9.37 Å². The predicted octanol–water partition coefficient (Wildman–Crippen LogP) is 4.86. The van der Waals surface area contributed by atoms with E-state index in [9.17, 15) is 9.18 Å². The van der Waals surface area contributed by atoms with Crippen molar-refractivity contribution < 1.29 is 9.18 Å². The molecule has 6 heteroatoms. The van der Waals surface area contributed by atoms with Gasteiger partial charge in [0.15, 0.2) is 0 Å². The first-order chi connectivity index (χ1) is 12.0. The maximum atomic E-state index is 12.9. The standard InChI is InChI=1S/C19H16FN3OS/c1-12(21)25-11-13-2-3-15-10-22-18(9-16(15)8-13)23-19(24)14-4-6-17(20)7-5-14/h2-10,21H,11H2,1H3,(H,22,23,24). The Bertz CT molecular complexity index is 941. The van der Waals surface area contributed by atoms with Crippen LogP contribution < -0.4 is 5.32 Å². The molecule has 0 aliphatic rings. The molecule has 2 aromatic carbocycles. The van der Waals surface area contributed by atoms with Crippen molar-refractivity contribution in [1.29, 1.82) is 5.41 Å². The first-order valence-electron chi connectivity index (χ1n) is 7.65. The highest BCUT2D eigenvalue weighted by molar-refractivity contribution is 8.13. The molecule has 1 heterocycles. The van der Waals surface area contributed by atoms with E-state index in [2.05, 4.69) is 10.3 Å². The molecule has 25 heavy (non-hydrogen) atoms. The van der Waals surface area contributed by atoms with E-state index in [0.717, 1.165) is 22.1 Å². The van der Waals surface area contributed by atoms with Gasteiger partial charge in [0.05, 0.1) is 5.04 Å². The molecule has 1 aromatic heterocycles. The molecule has 3 rings (SSSR count). The van der Waals surface area contributed by atoms with Crippen LogP contribution in [-0.2, 0) is 5.75 Å². The molecule has 0 aliphatic carbocycles. The summed E-state index contributed by atoms with van der Waals surface area (Å²) >= 11 is 1.47. The minimum Gasteiger partial charge on any atom is -0.307 e. The van der Waals surface area contributed by atoms with Crippen LogP contribution in [-0.4, -0.2) is 15.9 Å². The smallest absolute Gasteiger partial charge is 0.256 e. The van der Waals surface area contributed by atoms with Crippen LogP contribution in [0.3, 0.4) is 0 Å². The van der Waals surface area contributed by atoms with Crippen LogP contribution in [0.4, 0.5) is 10.2 Å². The van der Waals surface area contributed by atoms with E-state index in [4.69, 9.17) is 5.41 Å². The van der Waals surface area contributed by atoms with Crippen LogP contribution in [0, 0.1) is 11.2 Å². The lowest BCUT2D eigenvalue weighted by Crippen LogP contribution is -2.12. The molecule has 0 aliphatic heterocycles. The molecule has 0 spiro atoms. The average molecular weight is 353 g/mol. The molecule has 1 amide bonds. The maximum Gasteiger partial charge on any atom is 0.256 e. The number of thioether (sulfide) groups is 1. The number of benzene rings is 2. The van der Waals surface area contributed by atoms with Gasteiger partial charge in [0.2, 0.25) is 0 Å².